The second-order valence-corrected chi connectivity index (χ2v) is 6.27. The Hall–Kier alpha value is -0.330. The number of halogens is 1. The number of Topliss-reactive ketones (excluding diaryl/α,β-unsaturated/α-hetero) is 1. The van der Waals surface area contributed by atoms with Crippen molar-refractivity contribution in [2.24, 2.45) is 0 Å². The minimum Gasteiger partial charge on any atom is -0.465 e. The first-order valence-corrected chi connectivity index (χ1v) is 7.41. The van der Waals surface area contributed by atoms with Crippen molar-refractivity contribution in [2.45, 2.75) is 6.92 Å². The number of hydrogen-bond donors (Lipinski definition) is 0. The van der Waals surface area contributed by atoms with Crippen molar-refractivity contribution in [3.05, 3.63) is 20.8 Å². The summed E-state index contributed by atoms with van der Waals surface area (Å²) in [5.74, 6) is 0.315. The van der Waals surface area contributed by atoms with E-state index in [1.807, 2.05) is 6.07 Å². The van der Waals surface area contributed by atoms with Crippen LogP contribution in [0.5, 0.6) is 0 Å². The van der Waals surface area contributed by atoms with Gasteiger partial charge in [0.05, 0.1) is 26.8 Å². The van der Waals surface area contributed by atoms with Crippen LogP contribution in [0.3, 0.4) is 0 Å². The van der Waals surface area contributed by atoms with E-state index in [0.717, 1.165) is 3.79 Å². The normalized spacial score (nSPS) is 10.1. The number of ether oxygens (including phenoxy) is 1. The van der Waals surface area contributed by atoms with Crippen LogP contribution in [0.4, 0.5) is 0 Å². The monoisotopic (exact) mass is 322 g/mol. The molecule has 16 heavy (non-hydrogen) atoms. The maximum absolute atomic E-state index is 11.6. The van der Waals surface area contributed by atoms with Gasteiger partial charge in [0.25, 0.3) is 0 Å². The van der Waals surface area contributed by atoms with Gasteiger partial charge in [-0.15, -0.1) is 23.1 Å². The minimum atomic E-state index is -0.271. The number of carbonyl (C=O) groups excluding carboxylic acids is 2. The summed E-state index contributed by atoms with van der Waals surface area (Å²) in [5, 5.41) is 0. The summed E-state index contributed by atoms with van der Waals surface area (Å²) in [6.07, 6.45) is 0. The highest BCUT2D eigenvalue weighted by molar-refractivity contribution is 9.11. The third-order valence-corrected chi connectivity index (χ3v) is 4.18. The van der Waals surface area contributed by atoms with Gasteiger partial charge in [0.2, 0.25) is 0 Å². The number of rotatable bonds is 6. The number of thiophene rings is 1. The summed E-state index contributed by atoms with van der Waals surface area (Å²) in [7, 11) is 0. The molecule has 0 radical (unpaired) electrons. The highest BCUT2D eigenvalue weighted by Gasteiger charge is 2.10. The fourth-order valence-corrected chi connectivity index (χ4v) is 3.07. The molecule has 0 aliphatic carbocycles. The van der Waals surface area contributed by atoms with Gasteiger partial charge in [0.1, 0.15) is 0 Å². The van der Waals surface area contributed by atoms with Gasteiger partial charge in [-0.3, -0.25) is 9.59 Å². The lowest BCUT2D eigenvalue weighted by atomic mass is 10.4. The Kier molecular flexibility index (Phi) is 6.08. The first-order chi connectivity index (χ1) is 7.63. The molecule has 0 amide bonds. The van der Waals surface area contributed by atoms with Gasteiger partial charge in [-0.25, -0.2) is 0 Å². The molecule has 1 heterocycles. The van der Waals surface area contributed by atoms with Crippen molar-refractivity contribution in [3.8, 4) is 0 Å². The molecule has 1 aromatic rings. The second kappa shape index (κ2) is 7.09. The molecule has 0 saturated heterocycles. The van der Waals surface area contributed by atoms with Gasteiger partial charge < -0.3 is 4.74 Å². The molecule has 0 fully saturated rings. The maximum atomic E-state index is 11.6. The van der Waals surface area contributed by atoms with Crippen molar-refractivity contribution in [3.63, 3.8) is 0 Å². The summed E-state index contributed by atoms with van der Waals surface area (Å²) < 4.78 is 5.69. The summed E-state index contributed by atoms with van der Waals surface area (Å²) in [4.78, 5) is 23.3. The average molecular weight is 323 g/mol. The summed E-state index contributed by atoms with van der Waals surface area (Å²) in [6.45, 7) is 2.14. The largest absolute Gasteiger partial charge is 0.465 e. The number of hydrogen-bond acceptors (Lipinski definition) is 5. The molecule has 0 bridgehead atoms. The first-order valence-electron chi connectivity index (χ1n) is 4.65. The molecule has 1 rings (SSSR count). The number of esters is 1. The molecule has 0 aromatic carbocycles. The van der Waals surface area contributed by atoms with Crippen LogP contribution in [0.15, 0.2) is 15.9 Å². The molecule has 0 aliphatic rings. The third kappa shape index (κ3) is 4.67. The smallest absolute Gasteiger partial charge is 0.315 e. The van der Waals surface area contributed by atoms with Crippen molar-refractivity contribution in [2.75, 3.05) is 18.1 Å². The molecule has 0 unspecified atom stereocenters. The Morgan fingerprint density at radius 3 is 2.75 bits per heavy atom. The predicted molar refractivity (Wildman–Crippen MR) is 70.3 cm³/mol. The van der Waals surface area contributed by atoms with Gasteiger partial charge in [-0.1, -0.05) is 0 Å². The van der Waals surface area contributed by atoms with E-state index < -0.39 is 0 Å². The quantitative estimate of drug-likeness (QED) is 0.596. The lowest BCUT2D eigenvalue weighted by Gasteiger charge is -2.00. The molecule has 0 spiro atoms. The SMILES string of the molecule is CCOC(=O)CSCC(=O)c1ccc(Br)s1. The highest BCUT2D eigenvalue weighted by atomic mass is 79.9. The van der Waals surface area contributed by atoms with Crippen LogP contribution in [-0.4, -0.2) is 29.9 Å². The summed E-state index contributed by atoms with van der Waals surface area (Å²) >= 11 is 5.98. The Bertz CT molecular complexity index is 376. The number of thioether (sulfide) groups is 1. The van der Waals surface area contributed by atoms with Crippen LogP contribution in [-0.2, 0) is 9.53 Å². The fraction of sp³-hybridized carbons (Fsp3) is 0.400. The van der Waals surface area contributed by atoms with Crippen LogP contribution < -0.4 is 0 Å². The standard InChI is InChI=1S/C10H11BrO3S2/c1-2-14-10(13)6-15-5-7(12)8-3-4-9(11)16-8/h3-4H,2,5-6H2,1H3. The molecule has 0 aliphatic heterocycles. The van der Waals surface area contributed by atoms with Crippen molar-refractivity contribution < 1.29 is 14.3 Å². The second-order valence-electron chi connectivity index (χ2n) is 2.82. The van der Waals surface area contributed by atoms with Crippen LogP contribution in [0, 0.1) is 0 Å². The Morgan fingerprint density at radius 1 is 1.44 bits per heavy atom. The average Bonchev–Trinajstić information content (AvgIpc) is 2.65. The van der Waals surface area contributed by atoms with E-state index in [4.69, 9.17) is 4.74 Å². The van der Waals surface area contributed by atoms with Crippen LogP contribution in [0.2, 0.25) is 0 Å². The van der Waals surface area contributed by atoms with Gasteiger partial charge in [-0.2, -0.15) is 0 Å². The lowest BCUT2D eigenvalue weighted by Crippen LogP contribution is -2.09. The molecule has 0 atom stereocenters. The van der Waals surface area contributed by atoms with E-state index in [0.29, 0.717) is 17.2 Å². The zero-order valence-corrected chi connectivity index (χ0v) is 11.9. The van der Waals surface area contributed by atoms with Crippen molar-refractivity contribution in [1.82, 2.24) is 0 Å². The zero-order valence-electron chi connectivity index (χ0n) is 8.70. The van der Waals surface area contributed by atoms with Crippen LogP contribution >= 0.6 is 39.0 Å². The minimum absolute atomic E-state index is 0.0463. The van der Waals surface area contributed by atoms with E-state index in [9.17, 15) is 9.59 Å². The fourth-order valence-electron chi connectivity index (χ4n) is 0.965. The first kappa shape index (κ1) is 13.7. The molecule has 0 saturated carbocycles. The summed E-state index contributed by atoms with van der Waals surface area (Å²) in [5.41, 5.74) is 0. The van der Waals surface area contributed by atoms with E-state index in [2.05, 4.69) is 15.9 Å². The third-order valence-electron chi connectivity index (χ3n) is 1.61. The van der Waals surface area contributed by atoms with Gasteiger partial charge >= 0.3 is 5.97 Å². The molecule has 1 aromatic heterocycles. The lowest BCUT2D eigenvalue weighted by molar-refractivity contribution is -0.139. The molecular weight excluding hydrogens is 312 g/mol. The van der Waals surface area contributed by atoms with E-state index in [-0.39, 0.29) is 17.5 Å². The van der Waals surface area contributed by atoms with Crippen LogP contribution in [0.25, 0.3) is 0 Å². The maximum Gasteiger partial charge on any atom is 0.315 e. The Labute approximate surface area is 111 Å². The molecule has 0 N–H and O–H groups in total. The molecule has 6 heteroatoms. The van der Waals surface area contributed by atoms with Gasteiger partial charge in [-0.05, 0) is 35.0 Å². The van der Waals surface area contributed by atoms with Crippen molar-refractivity contribution >= 4 is 50.8 Å². The van der Waals surface area contributed by atoms with Gasteiger partial charge in [0.15, 0.2) is 5.78 Å². The molecular formula is C10H11BrO3S2. The Morgan fingerprint density at radius 2 is 2.19 bits per heavy atom. The van der Waals surface area contributed by atoms with Crippen LogP contribution in [0.1, 0.15) is 16.6 Å². The molecule has 3 nitrogen and oxygen atoms in total. The highest BCUT2D eigenvalue weighted by Crippen LogP contribution is 2.23. The summed E-state index contributed by atoms with van der Waals surface area (Å²) in [6, 6.07) is 3.62. The predicted octanol–water partition coefficient (Wildman–Crippen LogP) is 2.99. The number of ketones is 1. The van der Waals surface area contributed by atoms with E-state index >= 15 is 0 Å². The molecule has 88 valence electrons. The van der Waals surface area contributed by atoms with Crippen molar-refractivity contribution in [1.29, 1.82) is 0 Å². The topological polar surface area (TPSA) is 43.4 Å². The van der Waals surface area contributed by atoms with E-state index in [1.165, 1.54) is 23.1 Å². The zero-order chi connectivity index (χ0) is 12.0. The number of carbonyl (C=O) groups is 2. The van der Waals surface area contributed by atoms with Gasteiger partial charge in [0, 0.05) is 0 Å². The van der Waals surface area contributed by atoms with E-state index in [1.54, 1.807) is 13.0 Å². The Balaban J connectivity index is 2.28.